The fourth-order valence-corrected chi connectivity index (χ4v) is 2.03. The van der Waals surface area contributed by atoms with Gasteiger partial charge in [-0.15, -0.1) is 0 Å². The molecule has 1 aliphatic heterocycles. The molecule has 22 heavy (non-hydrogen) atoms. The fraction of sp³-hybridized carbons (Fsp3) is 0.267. The largest absolute Gasteiger partial charge is 0.545 e. The van der Waals surface area contributed by atoms with E-state index in [0.29, 0.717) is 43.6 Å². The second-order valence-electron chi connectivity index (χ2n) is 4.59. The van der Waals surface area contributed by atoms with Crippen LogP contribution < -0.4 is 10.4 Å². The van der Waals surface area contributed by atoms with Gasteiger partial charge in [-0.25, -0.2) is 0 Å². The van der Waals surface area contributed by atoms with Crippen molar-refractivity contribution in [1.29, 1.82) is 0 Å². The van der Waals surface area contributed by atoms with Gasteiger partial charge in [0.2, 0.25) is 5.91 Å². The molecule has 1 aromatic rings. The number of carbonyl (C=O) groups is 3. The number of rotatable bonds is 4. The number of carboxylic acid groups (broad SMARTS) is 1. The third-order valence-corrected chi connectivity index (χ3v) is 3.08. The van der Waals surface area contributed by atoms with Crippen molar-refractivity contribution in [3.63, 3.8) is 0 Å². The van der Waals surface area contributed by atoms with Crippen LogP contribution in [0.25, 0.3) is 0 Å². The van der Waals surface area contributed by atoms with E-state index in [1.807, 2.05) is 0 Å². The minimum absolute atomic E-state index is 0.205. The Morgan fingerprint density at radius 2 is 1.82 bits per heavy atom. The first-order valence-corrected chi connectivity index (χ1v) is 6.74. The Labute approximate surface area is 127 Å². The monoisotopic (exact) mass is 303 g/mol. The summed E-state index contributed by atoms with van der Waals surface area (Å²) in [4.78, 5) is 36.0. The SMILES string of the molecule is O=C([O-])C=CC(=O)Nc1ccccc1C(=O)N1CCOCC1. The zero-order valence-corrected chi connectivity index (χ0v) is 11.8. The molecule has 1 aromatic carbocycles. The van der Waals surface area contributed by atoms with Crippen molar-refractivity contribution in [3.8, 4) is 0 Å². The van der Waals surface area contributed by atoms with Gasteiger partial charge in [0.15, 0.2) is 0 Å². The third kappa shape index (κ3) is 4.16. The van der Waals surface area contributed by atoms with E-state index in [-0.39, 0.29) is 5.91 Å². The molecule has 0 aliphatic carbocycles. The van der Waals surface area contributed by atoms with Gasteiger partial charge >= 0.3 is 0 Å². The van der Waals surface area contributed by atoms with Crippen LogP contribution in [0.4, 0.5) is 5.69 Å². The maximum atomic E-state index is 12.5. The van der Waals surface area contributed by atoms with Crippen molar-refractivity contribution in [1.82, 2.24) is 4.90 Å². The number of hydrogen-bond donors (Lipinski definition) is 1. The second-order valence-corrected chi connectivity index (χ2v) is 4.59. The van der Waals surface area contributed by atoms with Crippen LogP contribution >= 0.6 is 0 Å². The minimum Gasteiger partial charge on any atom is -0.545 e. The van der Waals surface area contributed by atoms with Gasteiger partial charge in [0, 0.05) is 19.2 Å². The average Bonchev–Trinajstić information content (AvgIpc) is 2.53. The van der Waals surface area contributed by atoms with Crippen LogP contribution in [0.15, 0.2) is 36.4 Å². The van der Waals surface area contributed by atoms with E-state index in [0.717, 1.165) is 6.08 Å². The van der Waals surface area contributed by atoms with Gasteiger partial charge in [0.1, 0.15) is 0 Å². The molecule has 0 atom stereocenters. The number of para-hydroxylation sites is 1. The summed E-state index contributed by atoms with van der Waals surface area (Å²) in [5.74, 6) is -2.32. The van der Waals surface area contributed by atoms with Gasteiger partial charge in [-0.2, -0.15) is 0 Å². The van der Waals surface area contributed by atoms with Gasteiger partial charge in [-0.3, -0.25) is 9.59 Å². The zero-order valence-electron chi connectivity index (χ0n) is 11.8. The van der Waals surface area contributed by atoms with Crippen molar-refractivity contribution in [2.45, 2.75) is 0 Å². The predicted molar refractivity (Wildman–Crippen MR) is 75.9 cm³/mol. The smallest absolute Gasteiger partial charge is 0.256 e. The maximum absolute atomic E-state index is 12.5. The predicted octanol–water partition coefficient (Wildman–Crippen LogP) is -0.596. The number of nitrogens with zero attached hydrogens (tertiary/aromatic N) is 1. The first kappa shape index (κ1) is 15.7. The molecule has 1 saturated heterocycles. The van der Waals surface area contributed by atoms with E-state index < -0.39 is 11.9 Å². The molecule has 7 heteroatoms. The van der Waals surface area contributed by atoms with E-state index >= 15 is 0 Å². The van der Waals surface area contributed by atoms with E-state index in [1.54, 1.807) is 29.2 Å². The number of benzene rings is 1. The molecular weight excluding hydrogens is 288 g/mol. The summed E-state index contributed by atoms with van der Waals surface area (Å²) >= 11 is 0. The fourth-order valence-electron chi connectivity index (χ4n) is 2.03. The van der Waals surface area contributed by atoms with Crippen LogP contribution in [0.2, 0.25) is 0 Å². The van der Waals surface area contributed by atoms with E-state index in [4.69, 9.17) is 4.74 Å². The highest BCUT2D eigenvalue weighted by atomic mass is 16.5. The van der Waals surface area contributed by atoms with Crippen molar-refractivity contribution >= 4 is 23.5 Å². The molecule has 0 unspecified atom stereocenters. The molecule has 2 amide bonds. The van der Waals surface area contributed by atoms with Crippen molar-refractivity contribution in [2.75, 3.05) is 31.6 Å². The maximum Gasteiger partial charge on any atom is 0.256 e. The van der Waals surface area contributed by atoms with Gasteiger partial charge < -0.3 is 24.9 Å². The first-order valence-electron chi connectivity index (χ1n) is 6.74. The number of carboxylic acids is 1. The summed E-state index contributed by atoms with van der Waals surface area (Å²) in [7, 11) is 0. The van der Waals surface area contributed by atoms with Crippen LogP contribution in [0, 0.1) is 0 Å². The lowest BCUT2D eigenvalue weighted by atomic mass is 10.1. The number of anilines is 1. The molecule has 1 heterocycles. The Kier molecular flexibility index (Phi) is 5.26. The molecule has 0 radical (unpaired) electrons. The minimum atomic E-state index is -1.46. The molecule has 7 nitrogen and oxygen atoms in total. The second kappa shape index (κ2) is 7.37. The summed E-state index contributed by atoms with van der Waals surface area (Å²) in [5, 5.41) is 12.8. The van der Waals surface area contributed by atoms with Crippen LogP contribution in [0.5, 0.6) is 0 Å². The summed E-state index contributed by atoms with van der Waals surface area (Å²) < 4.78 is 5.20. The number of amides is 2. The molecule has 1 aliphatic rings. The van der Waals surface area contributed by atoms with Gasteiger partial charge in [-0.1, -0.05) is 12.1 Å². The highest BCUT2D eigenvalue weighted by Crippen LogP contribution is 2.18. The summed E-state index contributed by atoms with van der Waals surface area (Å²) in [6.07, 6.45) is 1.47. The molecular formula is C15H15N2O5-. The molecule has 0 bridgehead atoms. The van der Waals surface area contributed by atoms with Gasteiger partial charge in [0.25, 0.3) is 5.91 Å². The number of ether oxygens (including phenoxy) is 1. The highest BCUT2D eigenvalue weighted by molar-refractivity contribution is 6.07. The summed E-state index contributed by atoms with van der Waals surface area (Å²) in [6.45, 7) is 1.95. The van der Waals surface area contributed by atoms with E-state index in [9.17, 15) is 19.5 Å². The Hall–Kier alpha value is -2.67. The third-order valence-electron chi connectivity index (χ3n) is 3.08. The number of aliphatic carboxylic acids is 1. The van der Waals surface area contributed by atoms with Gasteiger partial charge in [-0.05, 0) is 18.2 Å². The van der Waals surface area contributed by atoms with Crippen LogP contribution in [0.3, 0.4) is 0 Å². The normalized spacial score (nSPS) is 14.8. The lowest BCUT2D eigenvalue weighted by molar-refractivity contribution is -0.297. The zero-order chi connectivity index (χ0) is 15.9. The molecule has 2 rings (SSSR count). The van der Waals surface area contributed by atoms with E-state index in [2.05, 4.69) is 5.32 Å². The van der Waals surface area contributed by atoms with Crippen molar-refractivity contribution in [3.05, 3.63) is 42.0 Å². The average molecular weight is 303 g/mol. The van der Waals surface area contributed by atoms with E-state index in [1.165, 1.54) is 0 Å². The standard InChI is InChI=1S/C15H16N2O5/c18-13(5-6-14(19)20)16-12-4-2-1-3-11(12)15(21)17-7-9-22-10-8-17/h1-6H,7-10H2,(H,16,18)(H,19,20)/p-1. The Morgan fingerprint density at radius 1 is 1.14 bits per heavy atom. The molecule has 1 fully saturated rings. The van der Waals surface area contributed by atoms with Crippen LogP contribution in [-0.4, -0.2) is 49.0 Å². The number of morpholine rings is 1. The van der Waals surface area contributed by atoms with Crippen molar-refractivity contribution in [2.24, 2.45) is 0 Å². The lowest BCUT2D eigenvalue weighted by Crippen LogP contribution is -2.41. The molecule has 0 spiro atoms. The Morgan fingerprint density at radius 3 is 2.50 bits per heavy atom. The summed E-state index contributed by atoms with van der Waals surface area (Å²) in [6, 6.07) is 6.56. The Bertz CT molecular complexity index is 606. The first-order chi connectivity index (χ1) is 10.6. The van der Waals surface area contributed by atoms with Crippen molar-refractivity contribution < 1.29 is 24.2 Å². The Balaban J connectivity index is 2.14. The van der Waals surface area contributed by atoms with Crippen LogP contribution in [0.1, 0.15) is 10.4 Å². The van der Waals surface area contributed by atoms with Crippen LogP contribution in [-0.2, 0) is 14.3 Å². The topological polar surface area (TPSA) is 98.8 Å². The number of nitrogens with one attached hydrogen (secondary N) is 1. The lowest BCUT2D eigenvalue weighted by Gasteiger charge is -2.27. The highest BCUT2D eigenvalue weighted by Gasteiger charge is 2.21. The number of carbonyl (C=O) groups excluding carboxylic acids is 3. The van der Waals surface area contributed by atoms with Gasteiger partial charge in [0.05, 0.1) is 30.4 Å². The summed E-state index contributed by atoms with van der Waals surface area (Å²) in [5.41, 5.74) is 0.673. The quantitative estimate of drug-likeness (QED) is 0.749. The molecule has 116 valence electrons. The number of hydrogen-bond acceptors (Lipinski definition) is 5. The molecule has 0 aromatic heterocycles. The molecule has 0 saturated carbocycles. The molecule has 1 N–H and O–H groups in total.